The number of hydrogen-bond donors (Lipinski definition) is 3. The minimum absolute atomic E-state index is 0.0494. The van der Waals surface area contributed by atoms with Crippen molar-refractivity contribution in [2.45, 2.75) is 13.0 Å². The van der Waals surface area contributed by atoms with Gasteiger partial charge in [-0.1, -0.05) is 6.07 Å². The second-order valence-electron chi connectivity index (χ2n) is 3.64. The number of nitrogen functional groups attached to an aromatic ring is 1. The third kappa shape index (κ3) is 2.82. The van der Waals surface area contributed by atoms with Crippen LogP contribution in [0.2, 0.25) is 0 Å². The lowest BCUT2D eigenvalue weighted by molar-refractivity contribution is 0.0935. The molecule has 0 spiro atoms. The van der Waals surface area contributed by atoms with E-state index >= 15 is 0 Å². The van der Waals surface area contributed by atoms with Crippen LogP contribution >= 0.6 is 11.3 Å². The molecule has 0 saturated carbocycles. The van der Waals surface area contributed by atoms with Gasteiger partial charge in [0.2, 0.25) is 0 Å². The molecule has 18 heavy (non-hydrogen) atoms. The van der Waals surface area contributed by atoms with Crippen LogP contribution in [0.15, 0.2) is 29.9 Å². The average molecular weight is 263 g/mol. The van der Waals surface area contributed by atoms with E-state index in [9.17, 15) is 4.79 Å². The van der Waals surface area contributed by atoms with Gasteiger partial charge < -0.3 is 10.7 Å². The van der Waals surface area contributed by atoms with Crippen molar-refractivity contribution in [3.8, 4) is 0 Å². The van der Waals surface area contributed by atoms with Crippen LogP contribution in [0.3, 0.4) is 0 Å². The van der Waals surface area contributed by atoms with E-state index in [2.05, 4.69) is 20.7 Å². The lowest BCUT2D eigenvalue weighted by Crippen LogP contribution is -2.27. The SMILES string of the molecule is CC(NC(=O)c1cnc(NN)cn1)c1cccs1. The molecule has 0 radical (unpaired) electrons. The minimum Gasteiger partial charge on any atom is -0.343 e. The normalized spacial score (nSPS) is 11.9. The summed E-state index contributed by atoms with van der Waals surface area (Å²) in [6.45, 7) is 1.92. The van der Waals surface area contributed by atoms with Crippen molar-refractivity contribution in [3.05, 3.63) is 40.5 Å². The van der Waals surface area contributed by atoms with Crippen molar-refractivity contribution in [2.75, 3.05) is 5.43 Å². The van der Waals surface area contributed by atoms with Crippen LogP contribution < -0.4 is 16.6 Å². The number of carbonyl (C=O) groups excluding carboxylic acids is 1. The van der Waals surface area contributed by atoms with Crippen molar-refractivity contribution in [3.63, 3.8) is 0 Å². The van der Waals surface area contributed by atoms with Crippen molar-refractivity contribution in [1.82, 2.24) is 15.3 Å². The number of nitrogens with zero attached hydrogens (tertiary/aromatic N) is 2. The summed E-state index contributed by atoms with van der Waals surface area (Å²) in [6, 6.07) is 3.87. The predicted molar refractivity (Wildman–Crippen MR) is 70.0 cm³/mol. The Hall–Kier alpha value is -1.99. The maximum Gasteiger partial charge on any atom is 0.271 e. The molecule has 2 aromatic rings. The summed E-state index contributed by atoms with van der Waals surface area (Å²) < 4.78 is 0. The standard InChI is InChI=1S/C11H13N5OS/c1-7(9-3-2-4-18-9)15-11(17)8-5-14-10(16-12)6-13-8/h2-7H,12H2,1H3,(H,14,16)(H,15,17). The first-order valence-electron chi connectivity index (χ1n) is 5.33. The molecule has 7 heteroatoms. The summed E-state index contributed by atoms with van der Waals surface area (Å²) >= 11 is 1.60. The second kappa shape index (κ2) is 5.56. The Morgan fingerprint density at radius 2 is 2.28 bits per heavy atom. The highest BCUT2D eigenvalue weighted by atomic mass is 32.1. The lowest BCUT2D eigenvalue weighted by Gasteiger charge is -2.11. The van der Waals surface area contributed by atoms with E-state index in [1.165, 1.54) is 12.4 Å². The highest BCUT2D eigenvalue weighted by Gasteiger charge is 2.13. The highest BCUT2D eigenvalue weighted by Crippen LogP contribution is 2.18. The fourth-order valence-electron chi connectivity index (χ4n) is 1.40. The van der Waals surface area contributed by atoms with E-state index < -0.39 is 0 Å². The topological polar surface area (TPSA) is 92.9 Å². The van der Waals surface area contributed by atoms with Crippen LogP contribution in [0, 0.1) is 0 Å². The number of hydrazine groups is 1. The van der Waals surface area contributed by atoms with Crippen LogP contribution in [-0.4, -0.2) is 15.9 Å². The smallest absolute Gasteiger partial charge is 0.271 e. The molecule has 0 aromatic carbocycles. The first kappa shape index (κ1) is 12.5. The number of anilines is 1. The van der Waals surface area contributed by atoms with Crippen LogP contribution in [0.5, 0.6) is 0 Å². The van der Waals surface area contributed by atoms with Gasteiger partial charge in [0.05, 0.1) is 18.4 Å². The van der Waals surface area contributed by atoms with Gasteiger partial charge in [-0.2, -0.15) is 0 Å². The predicted octanol–water partition coefficient (Wildman–Crippen LogP) is 1.31. The minimum atomic E-state index is -0.257. The van der Waals surface area contributed by atoms with Gasteiger partial charge in [-0.15, -0.1) is 11.3 Å². The van der Waals surface area contributed by atoms with Crippen LogP contribution in [0.1, 0.15) is 28.3 Å². The van der Waals surface area contributed by atoms with E-state index in [0.717, 1.165) is 4.88 Å². The Balaban J connectivity index is 2.03. The van der Waals surface area contributed by atoms with E-state index in [1.54, 1.807) is 11.3 Å². The zero-order valence-electron chi connectivity index (χ0n) is 9.75. The molecule has 2 rings (SSSR count). The molecule has 1 amide bonds. The maximum atomic E-state index is 11.9. The average Bonchev–Trinajstić information content (AvgIpc) is 2.92. The van der Waals surface area contributed by atoms with E-state index in [1.807, 2.05) is 24.4 Å². The lowest BCUT2D eigenvalue weighted by atomic mass is 10.2. The molecule has 0 aliphatic carbocycles. The zero-order chi connectivity index (χ0) is 13.0. The van der Waals surface area contributed by atoms with Crippen LogP contribution in [0.4, 0.5) is 5.82 Å². The molecule has 94 valence electrons. The molecular formula is C11H13N5OS. The van der Waals surface area contributed by atoms with Gasteiger partial charge in [0, 0.05) is 4.88 Å². The molecule has 2 heterocycles. The number of nitrogens with one attached hydrogen (secondary N) is 2. The molecule has 0 fully saturated rings. The van der Waals surface area contributed by atoms with Crippen LogP contribution in [-0.2, 0) is 0 Å². The summed E-state index contributed by atoms with van der Waals surface area (Å²) in [5.74, 6) is 5.33. The Labute approximate surface area is 108 Å². The number of hydrogen-bond acceptors (Lipinski definition) is 6. The first-order chi connectivity index (χ1) is 8.70. The molecule has 4 N–H and O–H groups in total. The summed E-state index contributed by atoms with van der Waals surface area (Å²) in [4.78, 5) is 20.9. The van der Waals surface area contributed by atoms with Gasteiger partial charge in [0.25, 0.3) is 5.91 Å². The number of rotatable bonds is 4. The summed E-state index contributed by atoms with van der Waals surface area (Å²) in [7, 11) is 0. The number of thiophene rings is 1. The third-order valence-electron chi connectivity index (χ3n) is 2.35. The van der Waals surface area contributed by atoms with Gasteiger partial charge in [-0.25, -0.2) is 15.8 Å². The summed E-state index contributed by atoms with van der Waals surface area (Å²) in [5, 5.41) is 4.83. The Morgan fingerprint density at radius 1 is 1.44 bits per heavy atom. The molecule has 0 aliphatic rings. The largest absolute Gasteiger partial charge is 0.343 e. The summed E-state index contributed by atoms with van der Waals surface area (Å²) in [5.41, 5.74) is 2.61. The zero-order valence-corrected chi connectivity index (χ0v) is 10.6. The Bertz CT molecular complexity index is 511. The summed E-state index contributed by atoms with van der Waals surface area (Å²) in [6.07, 6.45) is 2.79. The molecule has 1 atom stereocenters. The van der Waals surface area contributed by atoms with Crippen molar-refractivity contribution < 1.29 is 4.79 Å². The van der Waals surface area contributed by atoms with Gasteiger partial charge in [0.1, 0.15) is 5.69 Å². The quantitative estimate of drug-likeness (QED) is 0.571. The fraction of sp³-hybridized carbons (Fsp3) is 0.182. The van der Waals surface area contributed by atoms with Gasteiger partial charge in [-0.3, -0.25) is 4.79 Å². The molecule has 6 nitrogen and oxygen atoms in total. The number of aromatic nitrogens is 2. The molecule has 2 aromatic heterocycles. The first-order valence-corrected chi connectivity index (χ1v) is 6.21. The number of carbonyl (C=O) groups is 1. The number of nitrogens with two attached hydrogens (primary N) is 1. The van der Waals surface area contributed by atoms with Crippen molar-refractivity contribution in [2.24, 2.45) is 5.84 Å². The van der Waals surface area contributed by atoms with E-state index in [-0.39, 0.29) is 17.6 Å². The number of amides is 1. The molecule has 1 unspecified atom stereocenters. The van der Waals surface area contributed by atoms with Gasteiger partial charge in [0.15, 0.2) is 5.82 Å². The van der Waals surface area contributed by atoms with Crippen LogP contribution in [0.25, 0.3) is 0 Å². The van der Waals surface area contributed by atoms with Crippen molar-refractivity contribution >= 4 is 23.1 Å². The second-order valence-corrected chi connectivity index (χ2v) is 4.62. The Morgan fingerprint density at radius 3 is 2.83 bits per heavy atom. The third-order valence-corrected chi connectivity index (χ3v) is 3.40. The van der Waals surface area contributed by atoms with Gasteiger partial charge >= 0.3 is 0 Å². The Kier molecular flexibility index (Phi) is 3.85. The molecular weight excluding hydrogens is 250 g/mol. The van der Waals surface area contributed by atoms with E-state index in [4.69, 9.17) is 5.84 Å². The van der Waals surface area contributed by atoms with Gasteiger partial charge in [-0.05, 0) is 18.4 Å². The monoisotopic (exact) mass is 263 g/mol. The maximum absolute atomic E-state index is 11.9. The molecule has 0 saturated heterocycles. The fourth-order valence-corrected chi connectivity index (χ4v) is 2.13. The highest BCUT2D eigenvalue weighted by molar-refractivity contribution is 7.10. The van der Waals surface area contributed by atoms with Crippen molar-refractivity contribution in [1.29, 1.82) is 0 Å². The van der Waals surface area contributed by atoms with E-state index in [0.29, 0.717) is 5.82 Å². The molecule has 0 aliphatic heterocycles. The molecule has 0 bridgehead atoms.